The Kier molecular flexibility index (Phi) is 4.78. The summed E-state index contributed by atoms with van der Waals surface area (Å²) in [4.78, 5) is 19.0. The molecule has 1 aromatic carbocycles. The third-order valence-electron chi connectivity index (χ3n) is 3.57. The molecule has 0 aliphatic carbocycles. The average molecular weight is 366 g/mol. The van der Waals surface area contributed by atoms with Crippen molar-refractivity contribution in [3.8, 4) is 0 Å². The Bertz CT molecular complexity index is 852. The van der Waals surface area contributed by atoms with Crippen molar-refractivity contribution in [2.45, 2.75) is 27.8 Å². The van der Waals surface area contributed by atoms with Gasteiger partial charge in [0.1, 0.15) is 0 Å². The number of hydrogen-bond acceptors (Lipinski definition) is 7. The van der Waals surface area contributed by atoms with Crippen LogP contribution in [0.2, 0.25) is 0 Å². The number of aromatic nitrogens is 2. The van der Waals surface area contributed by atoms with E-state index in [9.17, 15) is 18.5 Å². The smallest absolute Gasteiger partial charge is 0.258 e. The van der Waals surface area contributed by atoms with E-state index in [1.54, 1.807) is 6.07 Å². The summed E-state index contributed by atoms with van der Waals surface area (Å²) in [5, 5.41) is 11.7. The molecule has 1 aliphatic rings. The van der Waals surface area contributed by atoms with E-state index >= 15 is 0 Å². The molecular weight excluding hydrogens is 352 g/mol. The maximum absolute atomic E-state index is 12.6. The van der Waals surface area contributed by atoms with Gasteiger partial charge in [-0.15, -0.1) is 0 Å². The second-order valence-electron chi connectivity index (χ2n) is 5.13. The van der Waals surface area contributed by atoms with E-state index in [-0.39, 0.29) is 10.6 Å². The van der Waals surface area contributed by atoms with Crippen LogP contribution in [0.4, 0.5) is 5.69 Å². The fourth-order valence-corrected chi connectivity index (χ4v) is 4.74. The van der Waals surface area contributed by atoms with Gasteiger partial charge in [-0.1, -0.05) is 0 Å². The van der Waals surface area contributed by atoms with Crippen molar-refractivity contribution >= 4 is 27.5 Å². The van der Waals surface area contributed by atoms with E-state index in [4.69, 9.17) is 0 Å². The molecule has 0 N–H and O–H groups in total. The Morgan fingerprint density at radius 1 is 1.17 bits per heavy atom. The molecule has 0 spiro atoms. The number of benzene rings is 1. The first-order valence-electron chi connectivity index (χ1n) is 7.22. The second kappa shape index (κ2) is 6.83. The van der Waals surface area contributed by atoms with Gasteiger partial charge in [0.15, 0.2) is 5.16 Å². The zero-order chi connectivity index (χ0) is 17.2. The van der Waals surface area contributed by atoms with Crippen molar-refractivity contribution < 1.29 is 13.3 Å². The minimum Gasteiger partial charge on any atom is -0.258 e. The first-order valence-corrected chi connectivity index (χ1v) is 9.47. The Morgan fingerprint density at radius 3 is 2.46 bits per heavy atom. The summed E-state index contributed by atoms with van der Waals surface area (Å²) in [6.07, 6.45) is 4.68. The first kappa shape index (κ1) is 16.8. The Balaban J connectivity index is 1.97. The summed E-state index contributed by atoms with van der Waals surface area (Å²) in [6.45, 7) is 0.898. The van der Waals surface area contributed by atoms with Gasteiger partial charge in [-0.05, 0) is 42.8 Å². The summed E-state index contributed by atoms with van der Waals surface area (Å²) in [6, 6.07) is 5.58. The van der Waals surface area contributed by atoms with Gasteiger partial charge in [-0.3, -0.25) is 10.1 Å². The van der Waals surface area contributed by atoms with Crippen molar-refractivity contribution in [3.63, 3.8) is 0 Å². The van der Waals surface area contributed by atoms with Gasteiger partial charge >= 0.3 is 0 Å². The Morgan fingerprint density at radius 2 is 1.83 bits per heavy atom. The molecule has 126 valence electrons. The molecule has 10 heteroatoms. The maximum atomic E-state index is 12.6. The van der Waals surface area contributed by atoms with E-state index in [0.29, 0.717) is 23.1 Å². The van der Waals surface area contributed by atoms with Crippen LogP contribution < -0.4 is 0 Å². The molecule has 2 heterocycles. The number of hydrogen-bond donors (Lipinski definition) is 0. The van der Waals surface area contributed by atoms with Crippen LogP contribution in [0.25, 0.3) is 0 Å². The fraction of sp³-hybridized carbons (Fsp3) is 0.286. The molecule has 0 saturated carbocycles. The van der Waals surface area contributed by atoms with Gasteiger partial charge < -0.3 is 0 Å². The number of rotatable bonds is 5. The molecule has 1 aromatic heterocycles. The quantitative estimate of drug-likeness (QED) is 0.454. The fourth-order valence-electron chi connectivity index (χ4n) is 2.40. The van der Waals surface area contributed by atoms with Gasteiger partial charge in [0.25, 0.3) is 5.69 Å². The van der Waals surface area contributed by atoms with Crippen LogP contribution in [0, 0.1) is 10.1 Å². The van der Waals surface area contributed by atoms with E-state index in [1.807, 2.05) is 0 Å². The van der Waals surface area contributed by atoms with Crippen molar-refractivity contribution in [1.82, 2.24) is 14.3 Å². The number of sulfonamides is 1. The molecule has 1 aliphatic heterocycles. The normalized spacial score (nSPS) is 15.5. The molecule has 1 saturated heterocycles. The summed E-state index contributed by atoms with van der Waals surface area (Å²) in [5.41, 5.74) is -0.271. The molecule has 24 heavy (non-hydrogen) atoms. The monoisotopic (exact) mass is 366 g/mol. The molecule has 0 bridgehead atoms. The van der Waals surface area contributed by atoms with Crippen molar-refractivity contribution in [2.24, 2.45) is 0 Å². The molecule has 3 rings (SSSR count). The minimum absolute atomic E-state index is 0.0607. The molecule has 0 atom stereocenters. The summed E-state index contributed by atoms with van der Waals surface area (Å²) in [5.74, 6) is 0. The SMILES string of the molecule is O=[N+]([O-])c1cc(S(=O)(=O)N2CCCC2)ccc1Sc1ncccn1. The highest BCUT2D eigenvalue weighted by atomic mass is 32.2. The summed E-state index contributed by atoms with van der Waals surface area (Å²) >= 11 is 1.02. The van der Waals surface area contributed by atoms with E-state index < -0.39 is 14.9 Å². The van der Waals surface area contributed by atoms with E-state index in [2.05, 4.69) is 9.97 Å². The zero-order valence-electron chi connectivity index (χ0n) is 12.5. The lowest BCUT2D eigenvalue weighted by molar-refractivity contribution is -0.388. The number of nitrogens with zero attached hydrogens (tertiary/aromatic N) is 4. The summed E-state index contributed by atoms with van der Waals surface area (Å²) < 4.78 is 26.5. The minimum atomic E-state index is -3.70. The lowest BCUT2D eigenvalue weighted by Gasteiger charge is -2.15. The highest BCUT2D eigenvalue weighted by Crippen LogP contribution is 2.35. The zero-order valence-corrected chi connectivity index (χ0v) is 14.2. The Labute approximate surface area is 143 Å². The standard InChI is InChI=1S/C14H14N4O4S2/c19-18(20)12-10-11(24(21,22)17-8-1-2-9-17)4-5-13(12)23-14-15-6-3-7-16-14/h3-7,10H,1-2,8-9H2. The third kappa shape index (κ3) is 3.40. The van der Waals surface area contributed by atoms with Crippen LogP contribution in [0.5, 0.6) is 0 Å². The molecule has 0 radical (unpaired) electrons. The molecule has 0 unspecified atom stereocenters. The van der Waals surface area contributed by atoms with Gasteiger partial charge in [-0.25, -0.2) is 18.4 Å². The lowest BCUT2D eigenvalue weighted by Crippen LogP contribution is -2.27. The second-order valence-corrected chi connectivity index (χ2v) is 8.08. The summed E-state index contributed by atoms with van der Waals surface area (Å²) in [7, 11) is -3.70. The predicted molar refractivity (Wildman–Crippen MR) is 87.2 cm³/mol. The van der Waals surface area contributed by atoms with E-state index in [0.717, 1.165) is 30.7 Å². The topological polar surface area (TPSA) is 106 Å². The van der Waals surface area contributed by atoms with Crippen LogP contribution >= 0.6 is 11.8 Å². The lowest BCUT2D eigenvalue weighted by atomic mass is 10.3. The molecule has 0 amide bonds. The van der Waals surface area contributed by atoms with Crippen LogP contribution in [-0.4, -0.2) is 40.7 Å². The number of nitro groups is 1. The predicted octanol–water partition coefficient (Wildman–Crippen LogP) is 2.32. The maximum Gasteiger partial charge on any atom is 0.284 e. The van der Waals surface area contributed by atoms with Crippen molar-refractivity contribution in [1.29, 1.82) is 0 Å². The van der Waals surface area contributed by atoms with Gasteiger partial charge in [-0.2, -0.15) is 4.31 Å². The first-order chi connectivity index (χ1) is 11.5. The van der Waals surface area contributed by atoms with Gasteiger partial charge in [0.2, 0.25) is 10.0 Å². The highest BCUT2D eigenvalue weighted by molar-refractivity contribution is 7.99. The van der Waals surface area contributed by atoms with Crippen LogP contribution in [0.1, 0.15) is 12.8 Å². The third-order valence-corrected chi connectivity index (χ3v) is 6.43. The Hall–Kier alpha value is -2.04. The van der Waals surface area contributed by atoms with Crippen LogP contribution in [-0.2, 0) is 10.0 Å². The van der Waals surface area contributed by atoms with Gasteiger partial charge in [0, 0.05) is 31.5 Å². The van der Waals surface area contributed by atoms with Crippen LogP contribution in [0.3, 0.4) is 0 Å². The van der Waals surface area contributed by atoms with E-state index in [1.165, 1.54) is 28.8 Å². The molecular formula is C14H14N4O4S2. The average Bonchev–Trinajstić information content (AvgIpc) is 3.11. The molecule has 8 nitrogen and oxygen atoms in total. The van der Waals surface area contributed by atoms with Gasteiger partial charge in [0.05, 0.1) is 14.7 Å². The number of nitro benzene ring substituents is 1. The van der Waals surface area contributed by atoms with Crippen molar-refractivity contribution in [2.75, 3.05) is 13.1 Å². The van der Waals surface area contributed by atoms with Crippen LogP contribution in [0.15, 0.2) is 51.6 Å². The highest BCUT2D eigenvalue weighted by Gasteiger charge is 2.29. The molecule has 1 fully saturated rings. The largest absolute Gasteiger partial charge is 0.284 e. The molecule has 2 aromatic rings. The van der Waals surface area contributed by atoms with Crippen molar-refractivity contribution in [3.05, 3.63) is 46.8 Å².